The summed E-state index contributed by atoms with van der Waals surface area (Å²) in [5, 5.41) is 3.30. The number of carbonyl (C=O) groups is 1. The number of ketones is 1. The molecule has 1 aliphatic heterocycles. The van der Waals surface area contributed by atoms with E-state index in [1.807, 2.05) is 0 Å². The third-order valence-corrected chi connectivity index (χ3v) is 8.37. The Hall–Kier alpha value is -0.153. The fraction of sp³-hybridized carbons (Fsp3) is 0.909. The van der Waals surface area contributed by atoms with Crippen LogP contribution in [0.15, 0.2) is 0 Å². The van der Waals surface area contributed by atoms with Crippen molar-refractivity contribution in [2.45, 2.75) is 57.4 Å². The molecule has 0 aromatic heterocycles. The van der Waals surface area contributed by atoms with Crippen LogP contribution in [0.1, 0.15) is 26.7 Å². The van der Waals surface area contributed by atoms with Crippen molar-refractivity contribution in [2.75, 3.05) is 6.54 Å². The van der Waals surface area contributed by atoms with E-state index in [2.05, 4.69) is 25.7 Å². The summed E-state index contributed by atoms with van der Waals surface area (Å²) in [6, 6.07) is 3.56. The van der Waals surface area contributed by atoms with Gasteiger partial charge < -0.3 is 5.32 Å². The van der Waals surface area contributed by atoms with Crippen molar-refractivity contribution in [3.8, 4) is 0 Å². The predicted octanol–water partition coefficient (Wildman–Crippen LogP) is 2.43. The molecule has 1 saturated heterocycles. The average Bonchev–Trinajstić information content (AvgIpc) is 2.70. The molecule has 0 saturated carbocycles. The summed E-state index contributed by atoms with van der Waals surface area (Å²) in [6.45, 7) is 7.88. The highest BCUT2D eigenvalue weighted by Gasteiger charge is 2.30. The van der Waals surface area contributed by atoms with Gasteiger partial charge >= 0.3 is 0 Å². The first-order chi connectivity index (χ1) is 6.61. The Labute approximate surface area is 88.5 Å². The molecule has 82 valence electrons. The molecule has 2 nitrogen and oxygen atoms in total. The average molecular weight is 213 g/mol. The fourth-order valence-electron chi connectivity index (χ4n) is 2.00. The minimum Gasteiger partial charge on any atom is -0.307 e. The molecule has 0 aromatic carbocycles. The summed E-state index contributed by atoms with van der Waals surface area (Å²) in [7, 11) is -1.22. The number of Topliss-reactive ketones (excluding diaryl/α,β-unsaturated/α-hetero) is 1. The van der Waals surface area contributed by atoms with E-state index in [1.165, 1.54) is 18.5 Å². The van der Waals surface area contributed by atoms with Crippen molar-refractivity contribution in [3.05, 3.63) is 0 Å². The van der Waals surface area contributed by atoms with Crippen LogP contribution in [-0.4, -0.2) is 26.4 Å². The summed E-state index contributed by atoms with van der Waals surface area (Å²) in [5.74, 6) is 0.486. The lowest BCUT2D eigenvalue weighted by Gasteiger charge is -2.24. The second kappa shape index (κ2) is 5.08. The Kier molecular flexibility index (Phi) is 4.32. The SMILES string of the molecule is CC[Si](C)(CC)CC(=O)C1CCCN1. The summed E-state index contributed by atoms with van der Waals surface area (Å²) < 4.78 is 0. The Morgan fingerprint density at radius 2 is 2.07 bits per heavy atom. The Morgan fingerprint density at radius 3 is 2.50 bits per heavy atom. The lowest BCUT2D eigenvalue weighted by molar-refractivity contribution is -0.118. The third-order valence-electron chi connectivity index (χ3n) is 3.76. The van der Waals surface area contributed by atoms with Gasteiger partial charge in [-0.1, -0.05) is 32.5 Å². The quantitative estimate of drug-likeness (QED) is 0.711. The second-order valence-electron chi connectivity index (χ2n) is 4.81. The van der Waals surface area contributed by atoms with Gasteiger partial charge in [0, 0.05) is 6.04 Å². The van der Waals surface area contributed by atoms with Gasteiger partial charge in [0.05, 0.1) is 14.1 Å². The molecule has 0 amide bonds. The lowest BCUT2D eigenvalue weighted by atomic mass is 10.2. The van der Waals surface area contributed by atoms with Gasteiger partial charge in [-0.3, -0.25) is 4.79 Å². The fourth-order valence-corrected chi connectivity index (χ4v) is 4.09. The van der Waals surface area contributed by atoms with E-state index in [0.717, 1.165) is 19.0 Å². The van der Waals surface area contributed by atoms with Gasteiger partial charge in [-0.05, 0) is 19.4 Å². The molecule has 14 heavy (non-hydrogen) atoms. The first-order valence-corrected chi connectivity index (χ1v) is 8.99. The maximum Gasteiger partial charge on any atom is 0.147 e. The highest BCUT2D eigenvalue weighted by atomic mass is 28.3. The van der Waals surface area contributed by atoms with E-state index in [-0.39, 0.29) is 6.04 Å². The van der Waals surface area contributed by atoms with Crippen LogP contribution in [0.25, 0.3) is 0 Å². The highest BCUT2D eigenvalue weighted by molar-refractivity contribution is 6.81. The molecule has 1 atom stereocenters. The monoisotopic (exact) mass is 213 g/mol. The molecule has 0 aliphatic carbocycles. The van der Waals surface area contributed by atoms with E-state index < -0.39 is 8.07 Å². The third kappa shape index (κ3) is 2.92. The predicted molar refractivity (Wildman–Crippen MR) is 63.4 cm³/mol. The van der Waals surface area contributed by atoms with Crippen LogP contribution in [0.5, 0.6) is 0 Å². The minimum absolute atomic E-state index is 0.194. The van der Waals surface area contributed by atoms with E-state index in [4.69, 9.17) is 0 Å². The van der Waals surface area contributed by atoms with Crippen LogP contribution in [0, 0.1) is 0 Å². The van der Waals surface area contributed by atoms with E-state index in [9.17, 15) is 4.79 Å². The van der Waals surface area contributed by atoms with Crippen molar-refractivity contribution in [1.82, 2.24) is 5.32 Å². The van der Waals surface area contributed by atoms with Gasteiger partial charge in [0.25, 0.3) is 0 Å². The number of rotatable bonds is 5. The highest BCUT2D eigenvalue weighted by Crippen LogP contribution is 2.22. The van der Waals surface area contributed by atoms with Crippen LogP contribution in [0.4, 0.5) is 0 Å². The number of nitrogens with one attached hydrogen (secondary N) is 1. The molecule has 1 fully saturated rings. The van der Waals surface area contributed by atoms with Crippen molar-refractivity contribution in [3.63, 3.8) is 0 Å². The van der Waals surface area contributed by atoms with Gasteiger partial charge in [-0.25, -0.2) is 0 Å². The molecule has 1 unspecified atom stereocenters. The van der Waals surface area contributed by atoms with Gasteiger partial charge in [0.15, 0.2) is 0 Å². The normalized spacial score (nSPS) is 22.6. The molecule has 1 rings (SSSR count). The zero-order valence-corrected chi connectivity index (χ0v) is 10.7. The summed E-state index contributed by atoms with van der Waals surface area (Å²) >= 11 is 0. The smallest absolute Gasteiger partial charge is 0.147 e. The Bertz CT molecular complexity index is 195. The number of hydrogen-bond donors (Lipinski definition) is 1. The van der Waals surface area contributed by atoms with Crippen molar-refractivity contribution in [1.29, 1.82) is 0 Å². The van der Waals surface area contributed by atoms with E-state index >= 15 is 0 Å². The topological polar surface area (TPSA) is 29.1 Å². The zero-order chi connectivity index (χ0) is 10.6. The molecular weight excluding hydrogens is 190 g/mol. The standard InChI is InChI=1S/C11H23NOSi/c1-4-14(3,5-2)9-11(13)10-7-6-8-12-10/h10,12H,4-9H2,1-3H3. The molecule has 3 heteroatoms. The number of carbonyl (C=O) groups excluding carboxylic acids is 1. The van der Waals surface area contributed by atoms with E-state index in [1.54, 1.807) is 0 Å². The Morgan fingerprint density at radius 1 is 1.43 bits per heavy atom. The largest absolute Gasteiger partial charge is 0.307 e. The Balaban J connectivity index is 2.45. The van der Waals surface area contributed by atoms with Crippen LogP contribution in [0.3, 0.4) is 0 Å². The first kappa shape index (κ1) is 11.9. The van der Waals surface area contributed by atoms with Crippen LogP contribution < -0.4 is 5.32 Å². The van der Waals surface area contributed by atoms with Crippen LogP contribution >= 0.6 is 0 Å². The minimum atomic E-state index is -1.22. The molecule has 1 N–H and O–H groups in total. The lowest BCUT2D eigenvalue weighted by Crippen LogP contribution is -2.38. The van der Waals surface area contributed by atoms with E-state index in [0.29, 0.717) is 5.78 Å². The molecule has 0 bridgehead atoms. The van der Waals surface area contributed by atoms with Gasteiger partial charge in [0.2, 0.25) is 0 Å². The zero-order valence-electron chi connectivity index (χ0n) is 9.73. The molecular formula is C11H23NOSi. The summed E-state index contributed by atoms with van der Waals surface area (Å²) in [4.78, 5) is 12.0. The molecule has 0 radical (unpaired) electrons. The first-order valence-electron chi connectivity index (χ1n) is 5.87. The summed E-state index contributed by atoms with van der Waals surface area (Å²) in [6.07, 6.45) is 2.24. The van der Waals surface area contributed by atoms with Crippen molar-refractivity contribution < 1.29 is 4.79 Å². The second-order valence-corrected chi connectivity index (χ2v) is 10.2. The van der Waals surface area contributed by atoms with Crippen LogP contribution in [-0.2, 0) is 4.79 Å². The van der Waals surface area contributed by atoms with Gasteiger partial charge in [-0.15, -0.1) is 0 Å². The molecule has 0 aromatic rings. The van der Waals surface area contributed by atoms with Gasteiger partial charge in [0.1, 0.15) is 5.78 Å². The van der Waals surface area contributed by atoms with Crippen LogP contribution in [0.2, 0.25) is 24.7 Å². The molecule has 1 heterocycles. The maximum atomic E-state index is 12.0. The molecule has 1 aliphatic rings. The van der Waals surface area contributed by atoms with Gasteiger partial charge in [-0.2, -0.15) is 0 Å². The van der Waals surface area contributed by atoms with Crippen molar-refractivity contribution >= 4 is 13.9 Å². The molecule has 0 spiro atoms. The number of hydrogen-bond acceptors (Lipinski definition) is 2. The maximum absolute atomic E-state index is 12.0. The van der Waals surface area contributed by atoms with Crippen molar-refractivity contribution in [2.24, 2.45) is 0 Å². The summed E-state index contributed by atoms with van der Waals surface area (Å²) in [5.41, 5.74) is 0.